The van der Waals surface area contributed by atoms with Crippen molar-refractivity contribution in [3.05, 3.63) is 34.9 Å². The SMILES string of the molecule is O=C(O)CC(c1ccccc1Cl)N1CCCCC1. The van der Waals surface area contributed by atoms with Crippen molar-refractivity contribution in [1.29, 1.82) is 0 Å². The lowest BCUT2D eigenvalue weighted by Crippen LogP contribution is -2.35. The Bertz CT molecular complexity index is 416. The van der Waals surface area contributed by atoms with Crippen LogP contribution in [0.3, 0.4) is 0 Å². The Morgan fingerprint density at radius 1 is 1.28 bits per heavy atom. The van der Waals surface area contributed by atoms with Crippen LogP contribution in [-0.4, -0.2) is 29.1 Å². The predicted molar refractivity (Wildman–Crippen MR) is 71.9 cm³/mol. The zero-order valence-electron chi connectivity index (χ0n) is 10.3. The number of carboxylic acid groups (broad SMARTS) is 1. The van der Waals surface area contributed by atoms with Gasteiger partial charge in [0.2, 0.25) is 0 Å². The van der Waals surface area contributed by atoms with Crippen LogP contribution in [0.2, 0.25) is 5.02 Å². The van der Waals surface area contributed by atoms with Crippen LogP contribution in [0.25, 0.3) is 0 Å². The summed E-state index contributed by atoms with van der Waals surface area (Å²) in [5.41, 5.74) is 0.934. The minimum absolute atomic E-state index is 0.100. The summed E-state index contributed by atoms with van der Waals surface area (Å²) in [6.07, 6.45) is 3.63. The highest BCUT2D eigenvalue weighted by Gasteiger charge is 2.25. The van der Waals surface area contributed by atoms with Crippen molar-refractivity contribution in [1.82, 2.24) is 4.90 Å². The van der Waals surface area contributed by atoms with Crippen LogP contribution >= 0.6 is 11.6 Å². The summed E-state index contributed by atoms with van der Waals surface area (Å²) in [4.78, 5) is 13.3. The van der Waals surface area contributed by atoms with Gasteiger partial charge < -0.3 is 5.11 Å². The van der Waals surface area contributed by atoms with Gasteiger partial charge in [-0.3, -0.25) is 9.69 Å². The van der Waals surface area contributed by atoms with Crippen molar-refractivity contribution in [3.63, 3.8) is 0 Å². The van der Waals surface area contributed by atoms with E-state index < -0.39 is 5.97 Å². The molecule has 1 fully saturated rings. The molecule has 4 heteroatoms. The number of piperidine rings is 1. The number of likely N-dealkylation sites (tertiary alicyclic amines) is 1. The maximum absolute atomic E-state index is 11.1. The van der Waals surface area contributed by atoms with Gasteiger partial charge in [-0.15, -0.1) is 0 Å². The first-order valence-electron chi connectivity index (χ1n) is 6.39. The first-order chi connectivity index (χ1) is 8.68. The van der Waals surface area contributed by atoms with Gasteiger partial charge >= 0.3 is 5.97 Å². The zero-order valence-corrected chi connectivity index (χ0v) is 11.1. The number of aliphatic carboxylic acids is 1. The summed E-state index contributed by atoms with van der Waals surface area (Å²) in [6, 6.07) is 7.46. The number of carbonyl (C=O) groups is 1. The Kier molecular flexibility index (Phi) is 4.61. The molecule has 18 heavy (non-hydrogen) atoms. The van der Waals surface area contributed by atoms with E-state index in [-0.39, 0.29) is 12.5 Å². The Morgan fingerprint density at radius 3 is 2.56 bits per heavy atom. The monoisotopic (exact) mass is 267 g/mol. The highest BCUT2D eigenvalue weighted by atomic mass is 35.5. The molecule has 0 amide bonds. The lowest BCUT2D eigenvalue weighted by molar-refractivity contribution is -0.138. The van der Waals surface area contributed by atoms with Crippen molar-refractivity contribution in [2.75, 3.05) is 13.1 Å². The van der Waals surface area contributed by atoms with E-state index in [0.717, 1.165) is 31.5 Å². The van der Waals surface area contributed by atoms with E-state index >= 15 is 0 Å². The third kappa shape index (κ3) is 3.24. The molecule has 1 atom stereocenters. The number of carboxylic acids is 1. The fraction of sp³-hybridized carbons (Fsp3) is 0.500. The van der Waals surface area contributed by atoms with Crippen LogP contribution in [0, 0.1) is 0 Å². The van der Waals surface area contributed by atoms with Crippen molar-refractivity contribution < 1.29 is 9.90 Å². The highest BCUT2D eigenvalue weighted by molar-refractivity contribution is 6.31. The smallest absolute Gasteiger partial charge is 0.305 e. The standard InChI is InChI=1S/C14H18ClNO2/c15-12-7-3-2-6-11(12)13(10-14(17)18)16-8-4-1-5-9-16/h2-3,6-7,13H,1,4-5,8-10H2,(H,17,18). The summed E-state index contributed by atoms with van der Waals surface area (Å²) in [5.74, 6) is -0.773. The van der Waals surface area contributed by atoms with E-state index in [1.807, 2.05) is 24.3 Å². The minimum Gasteiger partial charge on any atom is -0.481 e. The quantitative estimate of drug-likeness (QED) is 0.910. The minimum atomic E-state index is -0.773. The molecular weight excluding hydrogens is 250 g/mol. The van der Waals surface area contributed by atoms with E-state index in [1.165, 1.54) is 6.42 Å². The van der Waals surface area contributed by atoms with Crippen LogP contribution in [0.1, 0.15) is 37.3 Å². The lowest BCUT2D eigenvalue weighted by atomic mass is 9.99. The van der Waals surface area contributed by atoms with Crippen LogP contribution in [0.15, 0.2) is 24.3 Å². The molecule has 1 N–H and O–H groups in total. The zero-order chi connectivity index (χ0) is 13.0. The molecule has 1 aliphatic rings. The summed E-state index contributed by atoms with van der Waals surface area (Å²) in [7, 11) is 0. The van der Waals surface area contributed by atoms with Crippen LogP contribution in [-0.2, 0) is 4.79 Å². The summed E-state index contributed by atoms with van der Waals surface area (Å²) < 4.78 is 0. The highest BCUT2D eigenvalue weighted by Crippen LogP contribution is 2.32. The second-order valence-electron chi connectivity index (χ2n) is 4.73. The number of nitrogens with zero attached hydrogens (tertiary/aromatic N) is 1. The maximum atomic E-state index is 11.1. The van der Waals surface area contributed by atoms with E-state index in [1.54, 1.807) is 0 Å². The fourth-order valence-electron chi connectivity index (χ4n) is 2.58. The number of benzene rings is 1. The molecule has 1 heterocycles. The van der Waals surface area contributed by atoms with E-state index in [4.69, 9.17) is 16.7 Å². The van der Waals surface area contributed by atoms with E-state index in [0.29, 0.717) is 5.02 Å². The van der Waals surface area contributed by atoms with Gasteiger partial charge in [0.05, 0.1) is 6.42 Å². The van der Waals surface area contributed by atoms with Gasteiger partial charge in [0.25, 0.3) is 0 Å². The predicted octanol–water partition coefficient (Wildman–Crippen LogP) is 3.34. The molecule has 0 aliphatic carbocycles. The second-order valence-corrected chi connectivity index (χ2v) is 5.14. The summed E-state index contributed by atoms with van der Waals surface area (Å²) in [5, 5.41) is 9.76. The van der Waals surface area contributed by atoms with Gasteiger partial charge in [0, 0.05) is 11.1 Å². The van der Waals surface area contributed by atoms with Crippen molar-refractivity contribution in [2.45, 2.75) is 31.7 Å². The van der Waals surface area contributed by atoms with Crippen molar-refractivity contribution in [2.24, 2.45) is 0 Å². The largest absolute Gasteiger partial charge is 0.481 e. The molecule has 98 valence electrons. The molecule has 0 bridgehead atoms. The topological polar surface area (TPSA) is 40.5 Å². The number of hydrogen-bond acceptors (Lipinski definition) is 2. The third-order valence-electron chi connectivity index (χ3n) is 3.46. The molecular formula is C14H18ClNO2. The average molecular weight is 268 g/mol. The molecule has 1 unspecified atom stereocenters. The molecule has 1 aliphatic heterocycles. The molecule has 1 aromatic rings. The molecule has 2 rings (SSSR count). The molecule has 1 aromatic carbocycles. The number of hydrogen-bond donors (Lipinski definition) is 1. The van der Waals surface area contributed by atoms with E-state index in [9.17, 15) is 4.79 Å². The van der Waals surface area contributed by atoms with Crippen molar-refractivity contribution >= 4 is 17.6 Å². The number of rotatable bonds is 4. The molecule has 3 nitrogen and oxygen atoms in total. The summed E-state index contributed by atoms with van der Waals surface area (Å²) >= 11 is 6.20. The number of halogens is 1. The average Bonchev–Trinajstić information content (AvgIpc) is 2.38. The molecule has 0 saturated carbocycles. The molecule has 0 spiro atoms. The molecule has 0 radical (unpaired) electrons. The van der Waals surface area contributed by atoms with Gasteiger partial charge in [0.15, 0.2) is 0 Å². The van der Waals surface area contributed by atoms with Gasteiger partial charge in [-0.1, -0.05) is 36.2 Å². The molecule has 1 saturated heterocycles. The lowest BCUT2D eigenvalue weighted by Gasteiger charge is -2.34. The van der Waals surface area contributed by atoms with Gasteiger partial charge in [-0.25, -0.2) is 0 Å². The van der Waals surface area contributed by atoms with Gasteiger partial charge in [-0.05, 0) is 37.6 Å². The first-order valence-corrected chi connectivity index (χ1v) is 6.76. The van der Waals surface area contributed by atoms with Crippen molar-refractivity contribution in [3.8, 4) is 0 Å². The molecule has 0 aromatic heterocycles. The maximum Gasteiger partial charge on any atom is 0.305 e. The van der Waals surface area contributed by atoms with Gasteiger partial charge in [-0.2, -0.15) is 0 Å². The Labute approximate surface area is 112 Å². The Hall–Kier alpha value is -1.06. The van der Waals surface area contributed by atoms with Crippen LogP contribution < -0.4 is 0 Å². The van der Waals surface area contributed by atoms with Gasteiger partial charge in [0.1, 0.15) is 0 Å². The fourth-order valence-corrected chi connectivity index (χ4v) is 2.84. The van der Waals surface area contributed by atoms with Crippen LogP contribution in [0.4, 0.5) is 0 Å². The third-order valence-corrected chi connectivity index (χ3v) is 3.81. The Balaban J connectivity index is 2.24. The summed E-state index contributed by atoms with van der Waals surface area (Å²) in [6.45, 7) is 1.92. The van der Waals surface area contributed by atoms with Crippen LogP contribution in [0.5, 0.6) is 0 Å². The normalized spacial score (nSPS) is 18.5. The second kappa shape index (κ2) is 6.21. The van der Waals surface area contributed by atoms with E-state index in [2.05, 4.69) is 4.90 Å². The first kappa shape index (κ1) is 13.4. The Morgan fingerprint density at radius 2 is 1.94 bits per heavy atom.